The van der Waals surface area contributed by atoms with Gasteiger partial charge in [-0.1, -0.05) is 35.9 Å². The van der Waals surface area contributed by atoms with Crippen LogP contribution in [0.15, 0.2) is 72.8 Å². The fraction of sp³-hybridized carbons (Fsp3) is 0.0870. The highest BCUT2D eigenvalue weighted by atomic mass is 35.5. The quantitative estimate of drug-likeness (QED) is 0.425. The van der Waals surface area contributed by atoms with Gasteiger partial charge < -0.3 is 9.72 Å². The van der Waals surface area contributed by atoms with E-state index in [0.29, 0.717) is 11.6 Å². The second kappa shape index (κ2) is 7.87. The molecule has 4 aromatic rings. The van der Waals surface area contributed by atoms with Crippen LogP contribution in [-0.2, 0) is 6.61 Å². The van der Waals surface area contributed by atoms with Gasteiger partial charge in [0.1, 0.15) is 24.0 Å². The molecule has 1 aromatic heterocycles. The van der Waals surface area contributed by atoms with Gasteiger partial charge >= 0.3 is 0 Å². The first-order valence-corrected chi connectivity index (χ1v) is 9.26. The summed E-state index contributed by atoms with van der Waals surface area (Å²) in [7, 11) is 0. The first kappa shape index (κ1) is 18.3. The van der Waals surface area contributed by atoms with Crippen LogP contribution < -0.4 is 4.74 Å². The Balaban J connectivity index is 1.48. The Morgan fingerprint density at radius 3 is 2.21 bits per heavy atom. The maximum Gasteiger partial charge on any atom is 0.138 e. The van der Waals surface area contributed by atoms with Gasteiger partial charge in [0.05, 0.1) is 5.69 Å². The number of rotatable bonds is 5. The van der Waals surface area contributed by atoms with Gasteiger partial charge in [-0.2, -0.15) is 0 Å². The Morgan fingerprint density at radius 2 is 1.54 bits per heavy atom. The first-order valence-electron chi connectivity index (χ1n) is 8.89. The highest BCUT2D eigenvalue weighted by molar-refractivity contribution is 6.30. The van der Waals surface area contributed by atoms with Crippen molar-refractivity contribution in [3.05, 3.63) is 94.9 Å². The third kappa shape index (κ3) is 4.07. The summed E-state index contributed by atoms with van der Waals surface area (Å²) in [5.41, 5.74) is 4.80. The third-order valence-corrected chi connectivity index (χ3v) is 4.70. The van der Waals surface area contributed by atoms with Crippen molar-refractivity contribution >= 4 is 11.6 Å². The number of nitrogens with zero attached hydrogens (tertiary/aromatic N) is 1. The van der Waals surface area contributed by atoms with E-state index in [0.717, 1.165) is 39.7 Å². The molecule has 28 heavy (non-hydrogen) atoms. The molecule has 0 saturated heterocycles. The predicted molar refractivity (Wildman–Crippen MR) is 110 cm³/mol. The Kier molecular flexibility index (Phi) is 5.13. The number of H-pyrrole nitrogens is 1. The fourth-order valence-corrected chi connectivity index (χ4v) is 3.07. The minimum absolute atomic E-state index is 0.250. The highest BCUT2D eigenvalue weighted by Crippen LogP contribution is 2.27. The molecule has 0 amide bonds. The molecule has 4 rings (SSSR count). The lowest BCUT2D eigenvalue weighted by Gasteiger charge is -2.07. The smallest absolute Gasteiger partial charge is 0.138 e. The Labute approximate surface area is 167 Å². The first-order chi connectivity index (χ1) is 13.6. The van der Waals surface area contributed by atoms with E-state index in [1.54, 1.807) is 12.1 Å². The summed E-state index contributed by atoms with van der Waals surface area (Å²) in [5, 5.41) is 0.702. The van der Waals surface area contributed by atoms with E-state index >= 15 is 0 Å². The van der Waals surface area contributed by atoms with E-state index in [1.165, 1.54) is 12.1 Å². The summed E-state index contributed by atoms with van der Waals surface area (Å²) < 4.78 is 18.7. The normalized spacial score (nSPS) is 10.8. The second-order valence-electron chi connectivity index (χ2n) is 6.51. The minimum Gasteiger partial charge on any atom is -0.489 e. The molecule has 0 saturated carbocycles. The van der Waals surface area contributed by atoms with Crippen LogP contribution in [0.2, 0.25) is 5.02 Å². The average Bonchev–Trinajstić information content (AvgIpc) is 3.10. The van der Waals surface area contributed by atoms with Crippen molar-refractivity contribution in [2.24, 2.45) is 0 Å². The van der Waals surface area contributed by atoms with Crippen molar-refractivity contribution in [2.45, 2.75) is 13.5 Å². The van der Waals surface area contributed by atoms with Crippen LogP contribution in [0.4, 0.5) is 4.39 Å². The molecule has 0 fully saturated rings. The van der Waals surface area contributed by atoms with E-state index in [9.17, 15) is 4.39 Å². The topological polar surface area (TPSA) is 37.9 Å². The molecule has 0 unspecified atom stereocenters. The average molecular weight is 393 g/mol. The van der Waals surface area contributed by atoms with Crippen LogP contribution in [0.5, 0.6) is 5.75 Å². The van der Waals surface area contributed by atoms with Gasteiger partial charge in [-0.05, 0) is 61.0 Å². The molecule has 0 spiro atoms. The zero-order valence-electron chi connectivity index (χ0n) is 15.2. The maximum atomic E-state index is 13.0. The number of hydrogen-bond donors (Lipinski definition) is 1. The Bertz CT molecular complexity index is 1070. The van der Waals surface area contributed by atoms with E-state index < -0.39 is 0 Å². The van der Waals surface area contributed by atoms with Gasteiger partial charge in [-0.15, -0.1) is 0 Å². The molecule has 140 valence electrons. The molecular weight excluding hydrogens is 375 g/mol. The predicted octanol–water partition coefficient (Wildman–Crippen LogP) is 6.42. The second-order valence-corrected chi connectivity index (χ2v) is 6.94. The zero-order valence-corrected chi connectivity index (χ0v) is 16.0. The van der Waals surface area contributed by atoms with Crippen LogP contribution in [0.3, 0.4) is 0 Å². The van der Waals surface area contributed by atoms with Crippen molar-refractivity contribution < 1.29 is 9.13 Å². The van der Waals surface area contributed by atoms with Crippen molar-refractivity contribution in [2.75, 3.05) is 0 Å². The molecule has 1 N–H and O–H groups in total. The zero-order chi connectivity index (χ0) is 19.5. The summed E-state index contributed by atoms with van der Waals surface area (Å²) in [6.45, 7) is 2.39. The summed E-state index contributed by atoms with van der Waals surface area (Å²) in [5.74, 6) is 1.29. The number of aryl methyl sites for hydroxylation is 1. The number of benzene rings is 3. The van der Waals surface area contributed by atoms with Gasteiger partial charge in [-0.25, -0.2) is 9.37 Å². The minimum atomic E-state index is -0.250. The van der Waals surface area contributed by atoms with Crippen LogP contribution >= 0.6 is 11.6 Å². The lowest BCUT2D eigenvalue weighted by Crippen LogP contribution is -1.95. The van der Waals surface area contributed by atoms with Crippen molar-refractivity contribution in [1.29, 1.82) is 0 Å². The van der Waals surface area contributed by atoms with Crippen molar-refractivity contribution in [3.63, 3.8) is 0 Å². The van der Waals surface area contributed by atoms with Crippen LogP contribution in [0.25, 0.3) is 22.6 Å². The van der Waals surface area contributed by atoms with Gasteiger partial charge in [-0.3, -0.25) is 0 Å². The molecule has 0 aliphatic heterocycles. The molecule has 0 aliphatic rings. The summed E-state index contributed by atoms with van der Waals surface area (Å²) in [6, 6.07) is 21.7. The van der Waals surface area contributed by atoms with E-state index in [2.05, 4.69) is 4.98 Å². The van der Waals surface area contributed by atoms with Crippen molar-refractivity contribution in [3.8, 4) is 28.4 Å². The fourth-order valence-electron chi connectivity index (χ4n) is 2.94. The molecule has 1 heterocycles. The highest BCUT2D eigenvalue weighted by Gasteiger charge is 2.10. The van der Waals surface area contributed by atoms with E-state index in [4.69, 9.17) is 21.3 Å². The largest absolute Gasteiger partial charge is 0.489 e. The molecular formula is C23H18ClFN2O. The molecule has 0 radical (unpaired) electrons. The molecule has 0 bridgehead atoms. The van der Waals surface area contributed by atoms with Gasteiger partial charge in [0.15, 0.2) is 0 Å². The number of nitrogens with one attached hydrogen (secondary N) is 1. The number of hydrogen-bond acceptors (Lipinski definition) is 2. The van der Waals surface area contributed by atoms with Crippen LogP contribution in [0.1, 0.15) is 11.3 Å². The lowest BCUT2D eigenvalue weighted by atomic mass is 10.1. The molecule has 0 aliphatic carbocycles. The number of aromatic amines is 1. The number of halogens is 2. The van der Waals surface area contributed by atoms with Crippen molar-refractivity contribution in [1.82, 2.24) is 9.97 Å². The van der Waals surface area contributed by atoms with Gasteiger partial charge in [0.25, 0.3) is 0 Å². The number of imidazole rings is 1. The van der Waals surface area contributed by atoms with Gasteiger partial charge in [0.2, 0.25) is 0 Å². The molecule has 5 heteroatoms. The maximum absolute atomic E-state index is 13.0. The Morgan fingerprint density at radius 1 is 0.893 bits per heavy atom. The Hall–Kier alpha value is -3.11. The summed E-state index contributed by atoms with van der Waals surface area (Å²) >= 11 is 5.97. The van der Waals surface area contributed by atoms with Crippen LogP contribution in [-0.4, -0.2) is 9.97 Å². The van der Waals surface area contributed by atoms with Crippen LogP contribution in [0, 0.1) is 12.7 Å². The number of aromatic nitrogens is 2. The molecule has 3 aromatic carbocycles. The lowest BCUT2D eigenvalue weighted by molar-refractivity contribution is 0.306. The SMILES string of the molecule is Cc1[nH]c(-c2ccc(OCc3ccc(F)cc3)cc2)nc1-c1ccc(Cl)cc1. The monoisotopic (exact) mass is 392 g/mol. The third-order valence-electron chi connectivity index (χ3n) is 4.45. The standard InChI is InChI=1S/C23H18ClFN2O/c1-15-22(17-4-8-19(24)9-5-17)27-23(26-15)18-6-12-21(13-7-18)28-14-16-2-10-20(25)11-3-16/h2-13H,14H2,1H3,(H,26,27). The summed E-state index contributed by atoms with van der Waals surface area (Å²) in [6.07, 6.45) is 0. The van der Waals surface area contributed by atoms with Gasteiger partial charge in [0, 0.05) is 21.8 Å². The summed E-state index contributed by atoms with van der Waals surface area (Å²) in [4.78, 5) is 8.07. The van der Waals surface area contributed by atoms with E-state index in [-0.39, 0.29) is 5.82 Å². The van der Waals surface area contributed by atoms with E-state index in [1.807, 2.05) is 55.5 Å². The molecule has 0 atom stereocenters. The molecule has 3 nitrogen and oxygen atoms in total. The number of ether oxygens (including phenoxy) is 1.